The maximum absolute atomic E-state index is 5.32. The molecule has 0 saturated heterocycles. The topological polar surface area (TPSA) is 95.7 Å². The van der Waals surface area contributed by atoms with Crippen LogP contribution in [0.4, 0.5) is 0 Å². The average molecular weight is 354 g/mol. The van der Waals surface area contributed by atoms with E-state index in [0.29, 0.717) is 35.6 Å². The van der Waals surface area contributed by atoms with E-state index in [1.807, 2.05) is 42.5 Å². The third kappa shape index (κ3) is 3.94. The van der Waals surface area contributed by atoms with Crippen molar-refractivity contribution in [2.45, 2.75) is 23.9 Å². The van der Waals surface area contributed by atoms with Gasteiger partial charge in [0.25, 0.3) is 0 Å². The summed E-state index contributed by atoms with van der Waals surface area (Å²) in [5, 5.41) is 16.4. The zero-order chi connectivity index (χ0) is 16.9. The highest BCUT2D eigenvalue weighted by Crippen LogP contribution is 2.20. The standard InChI is InChI=1S/C16H14N6O2S/c1-2-5-12(6-3-1)9-14-17-15(24-19-14)11-25-16-18-20-21-22(16)10-13-7-4-8-23-13/h1-8H,9-11H2. The molecule has 4 rings (SSSR count). The first-order valence-electron chi connectivity index (χ1n) is 7.63. The first-order chi connectivity index (χ1) is 12.4. The third-order valence-electron chi connectivity index (χ3n) is 3.42. The van der Waals surface area contributed by atoms with Gasteiger partial charge in [-0.1, -0.05) is 47.3 Å². The summed E-state index contributed by atoms with van der Waals surface area (Å²) in [6.07, 6.45) is 2.27. The van der Waals surface area contributed by atoms with Crippen LogP contribution < -0.4 is 0 Å². The Kier molecular flexibility index (Phi) is 4.55. The Bertz CT molecular complexity index is 919. The molecule has 0 fully saturated rings. The van der Waals surface area contributed by atoms with Gasteiger partial charge in [-0.15, -0.1) is 5.10 Å². The Hall–Kier alpha value is -2.94. The molecule has 0 aliphatic carbocycles. The van der Waals surface area contributed by atoms with Gasteiger partial charge in [-0.05, 0) is 28.1 Å². The van der Waals surface area contributed by atoms with Crippen LogP contribution in [0, 0.1) is 0 Å². The van der Waals surface area contributed by atoms with E-state index in [1.54, 1.807) is 10.9 Å². The van der Waals surface area contributed by atoms with Gasteiger partial charge in [0.1, 0.15) is 12.3 Å². The Morgan fingerprint density at radius 1 is 1.08 bits per heavy atom. The van der Waals surface area contributed by atoms with Crippen LogP contribution in [0.25, 0.3) is 0 Å². The molecule has 8 nitrogen and oxygen atoms in total. The fraction of sp³-hybridized carbons (Fsp3) is 0.188. The molecular weight excluding hydrogens is 340 g/mol. The Morgan fingerprint density at radius 3 is 2.84 bits per heavy atom. The number of aromatic nitrogens is 6. The predicted molar refractivity (Wildman–Crippen MR) is 88.7 cm³/mol. The van der Waals surface area contributed by atoms with Gasteiger partial charge >= 0.3 is 0 Å². The number of thioether (sulfide) groups is 1. The molecule has 0 amide bonds. The van der Waals surface area contributed by atoms with E-state index in [1.165, 1.54) is 11.8 Å². The highest BCUT2D eigenvalue weighted by atomic mass is 32.2. The van der Waals surface area contributed by atoms with Crippen LogP contribution in [0.3, 0.4) is 0 Å². The number of benzene rings is 1. The van der Waals surface area contributed by atoms with Crippen LogP contribution in [-0.4, -0.2) is 30.3 Å². The zero-order valence-corrected chi connectivity index (χ0v) is 14.0. The fourth-order valence-electron chi connectivity index (χ4n) is 2.27. The van der Waals surface area contributed by atoms with Crippen LogP contribution in [0.15, 0.2) is 62.8 Å². The third-order valence-corrected chi connectivity index (χ3v) is 4.37. The molecule has 3 heterocycles. The summed E-state index contributed by atoms with van der Waals surface area (Å²) in [6, 6.07) is 13.7. The normalized spacial score (nSPS) is 11.0. The molecule has 0 radical (unpaired) electrons. The van der Waals surface area contributed by atoms with E-state index in [4.69, 9.17) is 8.94 Å². The molecule has 0 saturated carbocycles. The molecule has 0 aliphatic rings. The lowest BCUT2D eigenvalue weighted by atomic mass is 10.1. The van der Waals surface area contributed by atoms with Crippen molar-refractivity contribution in [2.75, 3.05) is 0 Å². The van der Waals surface area contributed by atoms with Gasteiger partial charge in [-0.3, -0.25) is 0 Å². The first kappa shape index (κ1) is 15.6. The molecule has 126 valence electrons. The number of nitrogens with zero attached hydrogens (tertiary/aromatic N) is 6. The second-order valence-corrected chi connectivity index (χ2v) is 6.20. The van der Waals surface area contributed by atoms with E-state index >= 15 is 0 Å². The molecule has 0 N–H and O–H groups in total. The van der Waals surface area contributed by atoms with Gasteiger partial charge in [0.15, 0.2) is 5.82 Å². The molecule has 9 heteroatoms. The van der Waals surface area contributed by atoms with Crippen molar-refractivity contribution in [3.8, 4) is 0 Å². The molecule has 4 aromatic rings. The second kappa shape index (κ2) is 7.31. The minimum Gasteiger partial charge on any atom is -0.467 e. The fourth-order valence-corrected chi connectivity index (χ4v) is 2.99. The average Bonchev–Trinajstić information content (AvgIpc) is 3.37. The second-order valence-electron chi connectivity index (χ2n) is 5.25. The minimum absolute atomic E-state index is 0.478. The lowest BCUT2D eigenvalue weighted by molar-refractivity contribution is 0.385. The number of hydrogen-bond donors (Lipinski definition) is 0. The molecule has 25 heavy (non-hydrogen) atoms. The molecule has 0 aliphatic heterocycles. The van der Waals surface area contributed by atoms with E-state index < -0.39 is 0 Å². The molecule has 0 unspecified atom stereocenters. The smallest absolute Gasteiger partial charge is 0.237 e. The van der Waals surface area contributed by atoms with Gasteiger partial charge in [-0.2, -0.15) is 4.98 Å². The minimum atomic E-state index is 0.478. The zero-order valence-electron chi connectivity index (χ0n) is 13.1. The summed E-state index contributed by atoms with van der Waals surface area (Å²) in [4.78, 5) is 4.42. The van der Waals surface area contributed by atoms with E-state index in [9.17, 15) is 0 Å². The monoisotopic (exact) mass is 354 g/mol. The van der Waals surface area contributed by atoms with Crippen molar-refractivity contribution < 1.29 is 8.94 Å². The predicted octanol–water partition coefficient (Wildman–Crippen LogP) is 2.58. The molecule has 1 aromatic carbocycles. The van der Waals surface area contributed by atoms with Gasteiger partial charge in [0, 0.05) is 6.42 Å². The van der Waals surface area contributed by atoms with Crippen molar-refractivity contribution in [3.63, 3.8) is 0 Å². The lowest BCUT2D eigenvalue weighted by Crippen LogP contribution is -2.03. The summed E-state index contributed by atoms with van der Waals surface area (Å²) in [7, 11) is 0. The number of rotatable bonds is 7. The summed E-state index contributed by atoms with van der Waals surface area (Å²) < 4.78 is 12.3. The van der Waals surface area contributed by atoms with Crippen molar-refractivity contribution in [1.82, 2.24) is 30.3 Å². The van der Waals surface area contributed by atoms with E-state index in [-0.39, 0.29) is 0 Å². The van der Waals surface area contributed by atoms with Crippen LogP contribution in [-0.2, 0) is 18.7 Å². The van der Waals surface area contributed by atoms with E-state index in [2.05, 4.69) is 25.7 Å². The molecule has 0 spiro atoms. The van der Waals surface area contributed by atoms with Crippen LogP contribution in [0.1, 0.15) is 23.0 Å². The van der Waals surface area contributed by atoms with Crippen LogP contribution >= 0.6 is 11.8 Å². The lowest BCUT2D eigenvalue weighted by Gasteiger charge is -2.00. The highest BCUT2D eigenvalue weighted by molar-refractivity contribution is 7.98. The van der Waals surface area contributed by atoms with Crippen molar-refractivity contribution in [2.24, 2.45) is 0 Å². The maximum Gasteiger partial charge on any atom is 0.237 e. The number of hydrogen-bond acceptors (Lipinski definition) is 8. The maximum atomic E-state index is 5.32. The Balaban J connectivity index is 1.37. The Morgan fingerprint density at radius 2 is 2.00 bits per heavy atom. The quantitative estimate of drug-likeness (QED) is 0.467. The summed E-state index contributed by atoms with van der Waals surface area (Å²) in [5.74, 6) is 2.50. The first-order valence-corrected chi connectivity index (χ1v) is 8.62. The highest BCUT2D eigenvalue weighted by Gasteiger charge is 2.12. The summed E-state index contributed by atoms with van der Waals surface area (Å²) in [5.41, 5.74) is 1.14. The SMILES string of the molecule is c1ccc(Cc2noc(CSc3nnnn3Cc3ccco3)n2)cc1. The van der Waals surface area contributed by atoms with Crippen molar-refractivity contribution in [3.05, 3.63) is 71.8 Å². The summed E-state index contributed by atoms with van der Waals surface area (Å²) >= 11 is 1.44. The number of furan rings is 1. The van der Waals surface area contributed by atoms with E-state index in [0.717, 1.165) is 11.3 Å². The molecule has 3 aromatic heterocycles. The summed E-state index contributed by atoms with van der Waals surface area (Å²) in [6.45, 7) is 0.478. The van der Waals surface area contributed by atoms with Gasteiger partial charge < -0.3 is 8.94 Å². The molecule has 0 bridgehead atoms. The van der Waals surface area contributed by atoms with Gasteiger partial charge in [0.2, 0.25) is 11.0 Å². The molecular formula is C16H14N6O2S. The Labute approximate surface area is 147 Å². The van der Waals surface area contributed by atoms with Crippen LogP contribution in [0.2, 0.25) is 0 Å². The number of tetrazole rings is 1. The van der Waals surface area contributed by atoms with Crippen molar-refractivity contribution >= 4 is 11.8 Å². The van der Waals surface area contributed by atoms with Crippen LogP contribution in [0.5, 0.6) is 0 Å². The van der Waals surface area contributed by atoms with Gasteiger partial charge in [0.05, 0.1) is 12.0 Å². The largest absolute Gasteiger partial charge is 0.467 e. The van der Waals surface area contributed by atoms with Crippen molar-refractivity contribution in [1.29, 1.82) is 0 Å². The molecule has 0 atom stereocenters. The van der Waals surface area contributed by atoms with Gasteiger partial charge in [-0.25, -0.2) is 4.68 Å².